The van der Waals surface area contributed by atoms with Crippen LogP contribution in [0.5, 0.6) is 0 Å². The Morgan fingerprint density at radius 3 is 2.91 bits per heavy atom. The molecule has 3 rings (SSSR count). The third kappa shape index (κ3) is 3.45. The number of amides is 1. The van der Waals surface area contributed by atoms with Crippen molar-refractivity contribution in [3.05, 3.63) is 30.0 Å². The van der Waals surface area contributed by atoms with E-state index < -0.39 is 0 Å². The Balaban J connectivity index is 1.52. The average molecular weight is 302 g/mol. The number of nitrogens with zero attached hydrogens (tertiary/aromatic N) is 3. The van der Waals surface area contributed by atoms with E-state index in [1.54, 1.807) is 4.68 Å². The van der Waals surface area contributed by atoms with Gasteiger partial charge in [-0.15, -0.1) is 0 Å². The third-order valence-electron chi connectivity index (χ3n) is 3.99. The molecule has 2 heterocycles. The maximum atomic E-state index is 12.1. The molecular weight excluding hydrogens is 280 g/mol. The molecule has 0 unspecified atom stereocenters. The van der Waals surface area contributed by atoms with Gasteiger partial charge in [-0.25, -0.2) is 0 Å². The van der Waals surface area contributed by atoms with Crippen molar-refractivity contribution in [1.82, 2.24) is 20.0 Å². The minimum absolute atomic E-state index is 0.00140. The van der Waals surface area contributed by atoms with Gasteiger partial charge in [0.25, 0.3) is 0 Å². The quantitative estimate of drug-likeness (QED) is 0.887. The first-order valence-electron chi connectivity index (χ1n) is 7.73. The normalized spacial score (nSPS) is 16.0. The van der Waals surface area contributed by atoms with Gasteiger partial charge < -0.3 is 10.1 Å². The zero-order chi connectivity index (χ0) is 15.4. The highest BCUT2D eigenvalue weighted by molar-refractivity contribution is 5.84. The maximum absolute atomic E-state index is 12.1. The Hall–Kier alpha value is -1.92. The second kappa shape index (κ2) is 6.89. The molecule has 0 radical (unpaired) electrons. The van der Waals surface area contributed by atoms with Crippen LogP contribution in [0.1, 0.15) is 5.69 Å². The van der Waals surface area contributed by atoms with Crippen LogP contribution in [0.15, 0.2) is 24.3 Å². The lowest BCUT2D eigenvalue weighted by atomic mass is 10.2. The highest BCUT2D eigenvalue weighted by Gasteiger charge is 2.12. The van der Waals surface area contributed by atoms with Gasteiger partial charge in [0.15, 0.2) is 0 Å². The number of aromatic nitrogens is 2. The molecule has 1 aromatic carbocycles. The number of rotatable bonds is 5. The standard InChI is InChI=1S/C16H22N4O2/c1-13-14-4-2-3-5-15(14)20(18-13)12-16(21)17-6-7-19-8-10-22-11-9-19/h2-5H,6-12H2,1H3,(H,17,21). The number of hydrogen-bond donors (Lipinski definition) is 1. The molecule has 22 heavy (non-hydrogen) atoms. The SMILES string of the molecule is Cc1nn(CC(=O)NCCN2CCOCC2)c2ccccc12. The summed E-state index contributed by atoms with van der Waals surface area (Å²) < 4.78 is 7.08. The topological polar surface area (TPSA) is 59.4 Å². The largest absolute Gasteiger partial charge is 0.379 e. The van der Waals surface area contributed by atoms with Gasteiger partial charge in [-0.05, 0) is 13.0 Å². The Bertz CT molecular complexity index is 647. The number of aryl methyl sites for hydroxylation is 1. The van der Waals surface area contributed by atoms with Gasteiger partial charge in [-0.2, -0.15) is 5.10 Å². The van der Waals surface area contributed by atoms with Crippen LogP contribution < -0.4 is 5.32 Å². The van der Waals surface area contributed by atoms with Crippen molar-refractivity contribution in [3.63, 3.8) is 0 Å². The summed E-state index contributed by atoms with van der Waals surface area (Å²) in [6.45, 7) is 7.22. The van der Waals surface area contributed by atoms with E-state index >= 15 is 0 Å². The molecule has 1 amide bonds. The number of fused-ring (bicyclic) bond motifs is 1. The Morgan fingerprint density at radius 2 is 2.09 bits per heavy atom. The molecule has 118 valence electrons. The molecule has 1 N–H and O–H groups in total. The van der Waals surface area contributed by atoms with Crippen LogP contribution in [0.25, 0.3) is 10.9 Å². The monoisotopic (exact) mass is 302 g/mol. The molecular formula is C16H22N4O2. The predicted molar refractivity (Wildman–Crippen MR) is 84.7 cm³/mol. The molecule has 0 aliphatic carbocycles. The van der Waals surface area contributed by atoms with Crippen molar-refractivity contribution < 1.29 is 9.53 Å². The van der Waals surface area contributed by atoms with Crippen molar-refractivity contribution in [1.29, 1.82) is 0 Å². The molecule has 6 heteroatoms. The minimum Gasteiger partial charge on any atom is -0.379 e. The molecule has 6 nitrogen and oxygen atoms in total. The predicted octanol–water partition coefficient (Wildman–Crippen LogP) is 0.793. The zero-order valence-electron chi connectivity index (χ0n) is 12.9. The van der Waals surface area contributed by atoms with Gasteiger partial charge in [0.2, 0.25) is 5.91 Å². The number of carbonyl (C=O) groups excluding carboxylic acids is 1. The van der Waals surface area contributed by atoms with Crippen molar-refractivity contribution >= 4 is 16.8 Å². The van der Waals surface area contributed by atoms with Crippen molar-refractivity contribution in [3.8, 4) is 0 Å². The lowest BCUT2D eigenvalue weighted by molar-refractivity contribution is -0.121. The summed E-state index contributed by atoms with van der Waals surface area (Å²) in [6, 6.07) is 7.99. The third-order valence-corrected chi connectivity index (χ3v) is 3.99. The van der Waals surface area contributed by atoms with Gasteiger partial charge >= 0.3 is 0 Å². The molecule has 1 aliphatic heterocycles. The fourth-order valence-electron chi connectivity index (χ4n) is 2.78. The Labute approximate surface area is 130 Å². The van der Waals surface area contributed by atoms with E-state index in [4.69, 9.17) is 4.74 Å². The first-order valence-corrected chi connectivity index (χ1v) is 7.73. The molecule has 1 aromatic heterocycles. The fourth-order valence-corrected chi connectivity index (χ4v) is 2.78. The molecule has 0 bridgehead atoms. The van der Waals surface area contributed by atoms with Gasteiger partial charge in [0, 0.05) is 31.6 Å². The van der Waals surface area contributed by atoms with E-state index in [1.807, 2.05) is 31.2 Å². The summed E-state index contributed by atoms with van der Waals surface area (Å²) in [4.78, 5) is 14.4. The highest BCUT2D eigenvalue weighted by Crippen LogP contribution is 2.17. The van der Waals surface area contributed by atoms with Crippen LogP contribution in [0.3, 0.4) is 0 Å². The van der Waals surface area contributed by atoms with E-state index in [0.717, 1.165) is 49.4 Å². The van der Waals surface area contributed by atoms with E-state index in [-0.39, 0.29) is 12.5 Å². The van der Waals surface area contributed by atoms with Crippen LogP contribution in [0.2, 0.25) is 0 Å². The zero-order valence-corrected chi connectivity index (χ0v) is 12.9. The number of para-hydroxylation sites is 1. The smallest absolute Gasteiger partial charge is 0.241 e. The highest BCUT2D eigenvalue weighted by atomic mass is 16.5. The molecule has 1 fully saturated rings. The van der Waals surface area contributed by atoms with E-state index in [9.17, 15) is 4.79 Å². The fraction of sp³-hybridized carbons (Fsp3) is 0.500. The molecule has 1 aliphatic rings. The summed E-state index contributed by atoms with van der Waals surface area (Å²) >= 11 is 0. The van der Waals surface area contributed by atoms with E-state index in [1.165, 1.54) is 0 Å². The number of morpholine rings is 1. The lowest BCUT2D eigenvalue weighted by Gasteiger charge is -2.26. The summed E-state index contributed by atoms with van der Waals surface area (Å²) in [5, 5.41) is 8.53. The van der Waals surface area contributed by atoms with Crippen molar-refractivity contribution in [2.75, 3.05) is 39.4 Å². The first-order chi connectivity index (χ1) is 10.7. The molecule has 1 saturated heterocycles. The van der Waals surface area contributed by atoms with E-state index in [2.05, 4.69) is 15.3 Å². The summed E-state index contributed by atoms with van der Waals surface area (Å²) in [5.41, 5.74) is 1.96. The number of nitrogens with one attached hydrogen (secondary N) is 1. The molecule has 0 atom stereocenters. The second-order valence-corrected chi connectivity index (χ2v) is 5.56. The average Bonchev–Trinajstić information content (AvgIpc) is 2.85. The minimum atomic E-state index is 0.00140. The van der Waals surface area contributed by atoms with Gasteiger partial charge in [0.05, 0.1) is 24.4 Å². The number of benzene rings is 1. The first kappa shape index (κ1) is 15.0. The summed E-state index contributed by atoms with van der Waals surface area (Å²) in [7, 11) is 0. The number of ether oxygens (including phenoxy) is 1. The van der Waals surface area contributed by atoms with Crippen molar-refractivity contribution in [2.24, 2.45) is 0 Å². The van der Waals surface area contributed by atoms with Crippen LogP contribution in [-0.4, -0.2) is 60.0 Å². The van der Waals surface area contributed by atoms with E-state index in [0.29, 0.717) is 6.54 Å². The van der Waals surface area contributed by atoms with Crippen molar-refractivity contribution in [2.45, 2.75) is 13.5 Å². The second-order valence-electron chi connectivity index (χ2n) is 5.56. The Morgan fingerprint density at radius 1 is 1.32 bits per heavy atom. The lowest BCUT2D eigenvalue weighted by Crippen LogP contribution is -2.41. The van der Waals surface area contributed by atoms with Gasteiger partial charge in [-0.1, -0.05) is 18.2 Å². The Kier molecular flexibility index (Phi) is 4.70. The van der Waals surface area contributed by atoms with Crippen LogP contribution in [0, 0.1) is 6.92 Å². The van der Waals surface area contributed by atoms with Crippen LogP contribution in [0.4, 0.5) is 0 Å². The van der Waals surface area contributed by atoms with Crippen LogP contribution in [-0.2, 0) is 16.1 Å². The van der Waals surface area contributed by atoms with Crippen LogP contribution >= 0.6 is 0 Å². The van der Waals surface area contributed by atoms with Gasteiger partial charge in [-0.3, -0.25) is 14.4 Å². The molecule has 0 saturated carbocycles. The summed E-state index contributed by atoms with van der Waals surface area (Å²) in [6.07, 6.45) is 0. The number of hydrogen-bond acceptors (Lipinski definition) is 4. The summed E-state index contributed by atoms with van der Waals surface area (Å²) in [5.74, 6) is 0.00140. The molecule has 2 aromatic rings. The number of carbonyl (C=O) groups is 1. The van der Waals surface area contributed by atoms with Gasteiger partial charge in [0.1, 0.15) is 6.54 Å². The molecule has 0 spiro atoms. The maximum Gasteiger partial charge on any atom is 0.241 e.